The molecule has 1 amide bonds. The van der Waals surface area contributed by atoms with Crippen LogP contribution in [0.15, 0.2) is 24.3 Å². The first-order valence-corrected chi connectivity index (χ1v) is 10.9. The second kappa shape index (κ2) is 10.3. The summed E-state index contributed by atoms with van der Waals surface area (Å²) in [6, 6.07) is 8.12. The fraction of sp³-hybridized carbons (Fsp3) is 0.611. The predicted octanol–water partition coefficient (Wildman–Crippen LogP) is 2.38. The van der Waals surface area contributed by atoms with Gasteiger partial charge in [0.25, 0.3) is 5.91 Å². The Morgan fingerprint density at radius 3 is 2.64 bits per heavy atom. The number of ether oxygens (including phenoxy) is 2. The Labute approximate surface area is 158 Å². The zero-order valence-electron chi connectivity index (χ0n) is 14.4. The topological polar surface area (TPSA) is 50.8 Å². The van der Waals surface area contributed by atoms with E-state index in [9.17, 15) is 4.79 Å². The largest absolute Gasteiger partial charge is 0.484 e. The summed E-state index contributed by atoms with van der Waals surface area (Å²) in [6.07, 6.45) is 0.956. The van der Waals surface area contributed by atoms with Gasteiger partial charge in [-0.15, -0.1) is 23.5 Å². The van der Waals surface area contributed by atoms with Gasteiger partial charge in [-0.25, -0.2) is 0 Å². The molecule has 3 rings (SSSR count). The quantitative estimate of drug-likeness (QED) is 0.697. The van der Waals surface area contributed by atoms with Gasteiger partial charge < -0.3 is 14.8 Å². The van der Waals surface area contributed by atoms with Crippen LogP contribution in [0.5, 0.6) is 5.75 Å². The Bertz CT molecular complexity index is 530. The van der Waals surface area contributed by atoms with E-state index in [1.807, 2.05) is 35.7 Å². The molecule has 5 nitrogen and oxygen atoms in total. The van der Waals surface area contributed by atoms with Gasteiger partial charge in [-0.2, -0.15) is 0 Å². The highest BCUT2D eigenvalue weighted by Gasteiger charge is 2.18. The summed E-state index contributed by atoms with van der Waals surface area (Å²) in [5.41, 5.74) is 1.33. The minimum Gasteiger partial charge on any atom is -0.484 e. The van der Waals surface area contributed by atoms with E-state index >= 15 is 0 Å². The molecule has 0 aliphatic carbocycles. The molecule has 0 spiro atoms. The van der Waals surface area contributed by atoms with E-state index < -0.39 is 0 Å². The maximum absolute atomic E-state index is 11.9. The van der Waals surface area contributed by atoms with Gasteiger partial charge in [0.1, 0.15) is 5.75 Å². The summed E-state index contributed by atoms with van der Waals surface area (Å²) >= 11 is 3.98. The lowest BCUT2D eigenvalue weighted by Gasteiger charge is -2.26. The fourth-order valence-electron chi connectivity index (χ4n) is 2.83. The summed E-state index contributed by atoms with van der Waals surface area (Å²) < 4.78 is 11.4. The number of hydrogen-bond donors (Lipinski definition) is 1. The van der Waals surface area contributed by atoms with E-state index in [0.29, 0.717) is 11.1 Å². The molecule has 0 bridgehead atoms. The first-order chi connectivity index (χ1) is 12.3. The number of benzene rings is 1. The Hall–Kier alpha value is -0.890. The number of amides is 1. The zero-order chi connectivity index (χ0) is 17.3. The number of nitrogens with one attached hydrogen (secondary N) is 1. The minimum absolute atomic E-state index is 0.0621. The molecule has 2 aliphatic heterocycles. The van der Waals surface area contributed by atoms with Crippen molar-refractivity contribution in [3.05, 3.63) is 29.8 Å². The molecular weight excluding hydrogens is 356 g/mol. The number of hydrogen-bond acceptors (Lipinski definition) is 6. The van der Waals surface area contributed by atoms with Gasteiger partial charge >= 0.3 is 0 Å². The van der Waals surface area contributed by atoms with Gasteiger partial charge in [0.15, 0.2) is 6.61 Å². The average Bonchev–Trinajstić information content (AvgIpc) is 3.20. The minimum atomic E-state index is -0.0621. The van der Waals surface area contributed by atoms with Crippen molar-refractivity contribution in [3.8, 4) is 5.75 Å². The van der Waals surface area contributed by atoms with E-state index in [2.05, 4.69) is 22.3 Å². The maximum atomic E-state index is 11.9. The number of carbonyl (C=O) groups is 1. The molecule has 0 radical (unpaired) electrons. The molecule has 25 heavy (non-hydrogen) atoms. The third-order valence-electron chi connectivity index (χ3n) is 4.22. The van der Waals surface area contributed by atoms with Crippen LogP contribution in [0.2, 0.25) is 0 Å². The van der Waals surface area contributed by atoms with Crippen LogP contribution in [-0.2, 0) is 9.53 Å². The monoisotopic (exact) mass is 382 g/mol. The lowest BCUT2D eigenvalue weighted by Crippen LogP contribution is -2.38. The molecule has 2 heterocycles. The molecule has 1 N–H and O–H groups in total. The van der Waals surface area contributed by atoms with Gasteiger partial charge in [0.2, 0.25) is 0 Å². The van der Waals surface area contributed by atoms with Crippen molar-refractivity contribution in [3.63, 3.8) is 0 Å². The van der Waals surface area contributed by atoms with Crippen LogP contribution in [0.4, 0.5) is 0 Å². The molecule has 1 aromatic rings. The maximum Gasteiger partial charge on any atom is 0.257 e. The highest BCUT2D eigenvalue weighted by molar-refractivity contribution is 8.19. The highest BCUT2D eigenvalue weighted by Crippen LogP contribution is 2.45. The molecule has 0 saturated carbocycles. The first-order valence-electron chi connectivity index (χ1n) is 8.84. The molecule has 1 aromatic carbocycles. The van der Waals surface area contributed by atoms with E-state index in [4.69, 9.17) is 9.47 Å². The molecule has 138 valence electrons. The lowest BCUT2D eigenvalue weighted by atomic mass is 10.2. The second-order valence-corrected chi connectivity index (χ2v) is 8.81. The Balaban J connectivity index is 1.29. The number of morpholine rings is 1. The summed E-state index contributed by atoms with van der Waals surface area (Å²) in [4.78, 5) is 14.2. The van der Waals surface area contributed by atoms with Crippen LogP contribution in [0.1, 0.15) is 16.6 Å². The van der Waals surface area contributed by atoms with Crippen molar-refractivity contribution in [2.24, 2.45) is 0 Å². The fourth-order valence-corrected chi connectivity index (χ4v) is 5.69. The van der Waals surface area contributed by atoms with Crippen LogP contribution in [0.3, 0.4) is 0 Å². The SMILES string of the molecule is O=C(COc1ccc(C2SCCS2)cc1)NCCCN1CCOCC1. The molecule has 0 atom stereocenters. The van der Waals surface area contributed by atoms with Gasteiger partial charge in [-0.05, 0) is 30.7 Å². The number of thioether (sulfide) groups is 2. The Morgan fingerprint density at radius 2 is 1.92 bits per heavy atom. The normalized spacial score (nSPS) is 19.0. The van der Waals surface area contributed by atoms with Gasteiger partial charge in [0, 0.05) is 31.1 Å². The second-order valence-electron chi connectivity index (χ2n) is 6.09. The third-order valence-corrected chi connectivity index (χ3v) is 7.33. The van der Waals surface area contributed by atoms with Gasteiger partial charge in [0.05, 0.1) is 17.8 Å². The number of rotatable bonds is 8. The molecule has 0 unspecified atom stereocenters. The molecular formula is C18H26N2O3S2. The van der Waals surface area contributed by atoms with Crippen molar-refractivity contribution in [1.82, 2.24) is 10.2 Å². The standard InChI is InChI=1S/C18H26N2O3S2/c21-17(19-6-1-7-20-8-10-22-11-9-20)14-23-16-4-2-15(3-5-16)18-24-12-13-25-18/h2-5,18H,1,6-14H2,(H,19,21). The van der Waals surface area contributed by atoms with Crippen LogP contribution >= 0.6 is 23.5 Å². The van der Waals surface area contributed by atoms with Crippen LogP contribution in [-0.4, -0.2) is 68.3 Å². The lowest BCUT2D eigenvalue weighted by molar-refractivity contribution is -0.123. The summed E-state index contributed by atoms with van der Waals surface area (Å²) in [5.74, 6) is 3.13. The van der Waals surface area contributed by atoms with Crippen molar-refractivity contribution in [1.29, 1.82) is 0 Å². The van der Waals surface area contributed by atoms with Crippen molar-refractivity contribution in [2.75, 3.05) is 57.5 Å². The summed E-state index contributed by atoms with van der Waals surface area (Å²) in [7, 11) is 0. The molecule has 2 saturated heterocycles. The third kappa shape index (κ3) is 6.40. The van der Waals surface area contributed by atoms with E-state index in [-0.39, 0.29) is 12.5 Å². The Kier molecular flexibility index (Phi) is 7.79. The molecule has 2 aliphatic rings. The van der Waals surface area contributed by atoms with Crippen molar-refractivity contribution >= 4 is 29.4 Å². The van der Waals surface area contributed by atoms with Gasteiger partial charge in [-0.1, -0.05) is 12.1 Å². The first kappa shape index (κ1) is 18.9. The van der Waals surface area contributed by atoms with Crippen molar-refractivity contribution in [2.45, 2.75) is 11.0 Å². The summed E-state index contributed by atoms with van der Waals surface area (Å²) in [5, 5.41) is 2.92. The van der Waals surface area contributed by atoms with E-state index in [0.717, 1.165) is 45.0 Å². The van der Waals surface area contributed by atoms with Crippen molar-refractivity contribution < 1.29 is 14.3 Å². The van der Waals surface area contributed by atoms with E-state index in [1.165, 1.54) is 17.1 Å². The molecule has 7 heteroatoms. The number of carbonyl (C=O) groups excluding carboxylic acids is 1. The zero-order valence-corrected chi connectivity index (χ0v) is 16.1. The number of nitrogens with zero attached hydrogens (tertiary/aromatic N) is 1. The van der Waals surface area contributed by atoms with Crippen LogP contribution in [0, 0.1) is 0 Å². The summed E-state index contributed by atoms with van der Waals surface area (Å²) in [6.45, 7) is 5.38. The average molecular weight is 383 g/mol. The Morgan fingerprint density at radius 1 is 1.20 bits per heavy atom. The molecule has 0 aromatic heterocycles. The van der Waals surface area contributed by atoms with Gasteiger partial charge in [-0.3, -0.25) is 9.69 Å². The van der Waals surface area contributed by atoms with Crippen LogP contribution in [0.25, 0.3) is 0 Å². The molecule has 2 fully saturated rings. The smallest absolute Gasteiger partial charge is 0.257 e. The predicted molar refractivity (Wildman–Crippen MR) is 104 cm³/mol. The highest BCUT2D eigenvalue weighted by atomic mass is 32.2. The van der Waals surface area contributed by atoms with E-state index in [1.54, 1.807) is 0 Å². The van der Waals surface area contributed by atoms with Crippen LogP contribution < -0.4 is 10.1 Å².